The van der Waals surface area contributed by atoms with Gasteiger partial charge in [-0.25, -0.2) is 8.42 Å². The smallest absolute Gasteiger partial charge is 0.241 e. The first-order valence-corrected chi connectivity index (χ1v) is 11.6. The first kappa shape index (κ1) is 19.4. The molecular formula is C19H26N4O4S. The molecule has 1 aromatic heterocycles. The van der Waals surface area contributed by atoms with Gasteiger partial charge >= 0.3 is 0 Å². The third kappa shape index (κ3) is 4.53. The Kier molecular flexibility index (Phi) is 5.65. The SMILES string of the molecule is CCOc1ccc(-c2noc(CN3CCN([C@@H]4CCS(=O)(=O)C4)CC3)n2)cc1. The number of aromatic nitrogens is 2. The van der Waals surface area contributed by atoms with Gasteiger partial charge in [0, 0.05) is 37.8 Å². The number of hydrogen-bond donors (Lipinski definition) is 0. The number of sulfone groups is 1. The second kappa shape index (κ2) is 8.18. The molecule has 4 rings (SSSR count). The molecule has 0 unspecified atom stereocenters. The van der Waals surface area contributed by atoms with Crippen LogP contribution in [0.3, 0.4) is 0 Å². The van der Waals surface area contributed by atoms with Crippen molar-refractivity contribution in [3.05, 3.63) is 30.2 Å². The van der Waals surface area contributed by atoms with E-state index in [1.807, 2.05) is 31.2 Å². The fraction of sp³-hybridized carbons (Fsp3) is 0.579. The number of rotatable bonds is 6. The minimum absolute atomic E-state index is 0.182. The lowest BCUT2D eigenvalue weighted by atomic mass is 10.2. The Morgan fingerprint density at radius 2 is 1.93 bits per heavy atom. The maximum atomic E-state index is 11.7. The molecule has 2 saturated heterocycles. The van der Waals surface area contributed by atoms with Crippen molar-refractivity contribution in [1.29, 1.82) is 0 Å². The minimum atomic E-state index is -2.83. The molecule has 0 N–H and O–H groups in total. The van der Waals surface area contributed by atoms with Crippen LogP contribution in [0.1, 0.15) is 19.2 Å². The summed E-state index contributed by atoms with van der Waals surface area (Å²) in [4.78, 5) is 9.09. The molecule has 0 bridgehead atoms. The normalized spacial score (nSPS) is 23.1. The molecule has 2 aliphatic rings. The molecule has 2 aromatic rings. The molecule has 152 valence electrons. The summed E-state index contributed by atoms with van der Waals surface area (Å²) in [6.45, 7) is 6.69. The zero-order chi connectivity index (χ0) is 19.6. The Hall–Kier alpha value is -1.97. The summed E-state index contributed by atoms with van der Waals surface area (Å²) in [5.41, 5.74) is 0.894. The summed E-state index contributed by atoms with van der Waals surface area (Å²) in [6.07, 6.45) is 0.761. The van der Waals surface area contributed by atoms with Crippen molar-refractivity contribution >= 4 is 9.84 Å². The van der Waals surface area contributed by atoms with Gasteiger partial charge < -0.3 is 9.26 Å². The number of ether oxygens (including phenoxy) is 1. The lowest BCUT2D eigenvalue weighted by Gasteiger charge is -2.37. The van der Waals surface area contributed by atoms with Gasteiger partial charge in [0.15, 0.2) is 9.84 Å². The molecule has 9 heteroatoms. The first-order valence-electron chi connectivity index (χ1n) is 9.75. The molecule has 0 radical (unpaired) electrons. The highest BCUT2D eigenvalue weighted by Gasteiger charge is 2.33. The van der Waals surface area contributed by atoms with Crippen LogP contribution in [0.15, 0.2) is 28.8 Å². The van der Waals surface area contributed by atoms with Gasteiger partial charge in [0.2, 0.25) is 11.7 Å². The summed E-state index contributed by atoms with van der Waals surface area (Å²) in [6, 6.07) is 7.83. The quantitative estimate of drug-likeness (QED) is 0.712. The van der Waals surface area contributed by atoms with Crippen molar-refractivity contribution in [2.45, 2.75) is 25.9 Å². The fourth-order valence-corrected chi connectivity index (χ4v) is 5.61. The second-order valence-corrected chi connectivity index (χ2v) is 9.57. The van der Waals surface area contributed by atoms with E-state index < -0.39 is 9.84 Å². The van der Waals surface area contributed by atoms with E-state index in [-0.39, 0.29) is 6.04 Å². The van der Waals surface area contributed by atoms with Gasteiger partial charge in [-0.15, -0.1) is 0 Å². The number of piperazine rings is 1. The molecule has 0 amide bonds. The lowest BCUT2D eigenvalue weighted by molar-refractivity contribution is 0.0926. The van der Waals surface area contributed by atoms with Gasteiger partial charge in [-0.2, -0.15) is 4.98 Å². The van der Waals surface area contributed by atoms with Crippen LogP contribution in [-0.2, 0) is 16.4 Å². The van der Waals surface area contributed by atoms with E-state index in [1.165, 1.54) is 0 Å². The minimum Gasteiger partial charge on any atom is -0.494 e. The van der Waals surface area contributed by atoms with Crippen LogP contribution >= 0.6 is 0 Å². The molecule has 0 aliphatic carbocycles. The highest BCUT2D eigenvalue weighted by molar-refractivity contribution is 7.91. The third-order valence-corrected chi connectivity index (χ3v) is 7.13. The number of nitrogens with zero attached hydrogens (tertiary/aromatic N) is 4. The van der Waals surface area contributed by atoms with Crippen LogP contribution in [0, 0.1) is 0 Å². The third-order valence-electron chi connectivity index (χ3n) is 5.38. The predicted molar refractivity (Wildman–Crippen MR) is 105 cm³/mol. The zero-order valence-corrected chi connectivity index (χ0v) is 16.9. The van der Waals surface area contributed by atoms with E-state index >= 15 is 0 Å². The molecule has 3 heterocycles. The van der Waals surface area contributed by atoms with E-state index in [2.05, 4.69) is 19.9 Å². The van der Waals surface area contributed by atoms with Crippen molar-refractivity contribution in [3.63, 3.8) is 0 Å². The van der Waals surface area contributed by atoms with Gasteiger partial charge in [-0.05, 0) is 37.6 Å². The molecule has 2 aliphatic heterocycles. The van der Waals surface area contributed by atoms with E-state index in [0.717, 1.165) is 43.9 Å². The molecule has 1 aromatic carbocycles. The van der Waals surface area contributed by atoms with Crippen molar-refractivity contribution in [2.75, 3.05) is 44.3 Å². The summed E-state index contributed by atoms with van der Waals surface area (Å²) < 4.78 is 34.3. The molecule has 8 nitrogen and oxygen atoms in total. The Bertz CT molecular complexity index is 889. The van der Waals surface area contributed by atoms with Crippen molar-refractivity contribution in [3.8, 4) is 17.1 Å². The van der Waals surface area contributed by atoms with Crippen LogP contribution in [0.2, 0.25) is 0 Å². The van der Waals surface area contributed by atoms with Crippen molar-refractivity contribution < 1.29 is 17.7 Å². The van der Waals surface area contributed by atoms with Crippen LogP contribution in [-0.4, -0.2) is 78.7 Å². The highest BCUT2D eigenvalue weighted by Crippen LogP contribution is 2.22. The summed E-state index contributed by atoms with van der Waals surface area (Å²) in [7, 11) is -2.83. The predicted octanol–water partition coefficient (Wildman–Crippen LogP) is 1.44. The van der Waals surface area contributed by atoms with Crippen LogP contribution < -0.4 is 4.74 Å². The van der Waals surface area contributed by atoms with E-state index in [0.29, 0.717) is 36.4 Å². The van der Waals surface area contributed by atoms with E-state index in [1.54, 1.807) is 0 Å². The highest BCUT2D eigenvalue weighted by atomic mass is 32.2. The summed E-state index contributed by atoms with van der Waals surface area (Å²) in [5.74, 6) is 2.63. The Morgan fingerprint density at radius 1 is 1.18 bits per heavy atom. The largest absolute Gasteiger partial charge is 0.494 e. The topological polar surface area (TPSA) is 88.8 Å². The molecule has 0 saturated carbocycles. The molecule has 2 fully saturated rings. The zero-order valence-electron chi connectivity index (χ0n) is 16.1. The van der Waals surface area contributed by atoms with Crippen molar-refractivity contribution in [2.24, 2.45) is 0 Å². The molecular weight excluding hydrogens is 380 g/mol. The van der Waals surface area contributed by atoms with Gasteiger partial charge in [-0.1, -0.05) is 5.16 Å². The van der Waals surface area contributed by atoms with E-state index in [9.17, 15) is 8.42 Å². The maximum absolute atomic E-state index is 11.7. The first-order chi connectivity index (χ1) is 13.5. The Balaban J connectivity index is 1.30. The second-order valence-electron chi connectivity index (χ2n) is 7.34. The monoisotopic (exact) mass is 406 g/mol. The summed E-state index contributed by atoms with van der Waals surface area (Å²) >= 11 is 0. The molecule has 1 atom stereocenters. The Labute approximate surface area is 165 Å². The number of hydrogen-bond acceptors (Lipinski definition) is 8. The average Bonchev–Trinajstić information content (AvgIpc) is 3.30. The van der Waals surface area contributed by atoms with Crippen molar-refractivity contribution in [1.82, 2.24) is 19.9 Å². The van der Waals surface area contributed by atoms with Gasteiger partial charge in [-0.3, -0.25) is 9.80 Å². The van der Waals surface area contributed by atoms with Crippen LogP contribution in [0.5, 0.6) is 5.75 Å². The van der Waals surface area contributed by atoms with Gasteiger partial charge in [0.05, 0.1) is 24.7 Å². The fourth-order valence-electron chi connectivity index (χ4n) is 3.84. The maximum Gasteiger partial charge on any atom is 0.241 e. The molecule has 28 heavy (non-hydrogen) atoms. The standard InChI is InChI=1S/C19H26N4O4S/c1-2-26-17-5-3-15(4-6-17)19-20-18(27-21-19)13-22-8-10-23(11-9-22)16-7-12-28(24,25)14-16/h3-6,16H,2,7-14H2,1H3/t16-/m1/s1. The molecule has 0 spiro atoms. The summed E-state index contributed by atoms with van der Waals surface area (Å²) in [5, 5.41) is 4.09. The number of benzene rings is 1. The Morgan fingerprint density at radius 3 is 2.57 bits per heavy atom. The van der Waals surface area contributed by atoms with Crippen LogP contribution in [0.25, 0.3) is 11.4 Å². The van der Waals surface area contributed by atoms with Gasteiger partial charge in [0.1, 0.15) is 5.75 Å². The average molecular weight is 407 g/mol. The van der Waals surface area contributed by atoms with Crippen LogP contribution in [0.4, 0.5) is 0 Å². The van der Waals surface area contributed by atoms with Gasteiger partial charge in [0.25, 0.3) is 0 Å². The van der Waals surface area contributed by atoms with E-state index in [4.69, 9.17) is 9.26 Å². The lowest BCUT2D eigenvalue weighted by Crippen LogP contribution is -2.50.